The normalized spacial score (nSPS) is 17.5. The van der Waals surface area contributed by atoms with E-state index in [4.69, 9.17) is 16.3 Å². The zero-order valence-corrected chi connectivity index (χ0v) is 13.1. The van der Waals surface area contributed by atoms with Gasteiger partial charge in [-0.05, 0) is 36.6 Å². The highest BCUT2D eigenvalue weighted by molar-refractivity contribution is 6.31. The summed E-state index contributed by atoms with van der Waals surface area (Å²) >= 11 is 6.33. The van der Waals surface area contributed by atoms with Crippen molar-refractivity contribution >= 4 is 23.4 Å². The summed E-state index contributed by atoms with van der Waals surface area (Å²) in [5.41, 5.74) is 1.58. The van der Waals surface area contributed by atoms with Crippen LogP contribution in [0.1, 0.15) is 34.8 Å². The Hall–Kier alpha value is -2.07. The number of carbonyl (C=O) groups is 1. The van der Waals surface area contributed by atoms with Gasteiger partial charge in [0, 0.05) is 17.8 Å². The molecule has 1 aliphatic rings. The van der Waals surface area contributed by atoms with Crippen LogP contribution in [0.4, 0.5) is 5.82 Å². The molecule has 2 aromatic rings. The van der Waals surface area contributed by atoms with Crippen LogP contribution >= 0.6 is 11.6 Å². The SMILES string of the molecule is COC(=O)c1ccc(N2CCC[C@H]2c2ccccc2Cl)nc1. The maximum atomic E-state index is 11.5. The van der Waals surface area contributed by atoms with Crippen LogP contribution in [0.3, 0.4) is 0 Å². The summed E-state index contributed by atoms with van der Waals surface area (Å²) in [4.78, 5) is 18.1. The van der Waals surface area contributed by atoms with E-state index in [2.05, 4.69) is 16.0 Å². The minimum Gasteiger partial charge on any atom is -0.465 e. The molecule has 1 fully saturated rings. The molecule has 5 heteroatoms. The number of esters is 1. The molecule has 0 amide bonds. The number of hydrogen-bond donors (Lipinski definition) is 0. The van der Waals surface area contributed by atoms with Crippen molar-refractivity contribution in [3.05, 3.63) is 58.7 Å². The van der Waals surface area contributed by atoms with Gasteiger partial charge in [0.15, 0.2) is 0 Å². The largest absolute Gasteiger partial charge is 0.465 e. The van der Waals surface area contributed by atoms with Gasteiger partial charge >= 0.3 is 5.97 Å². The molecular formula is C17H17ClN2O2. The van der Waals surface area contributed by atoms with Crippen molar-refractivity contribution in [1.29, 1.82) is 0 Å². The molecule has 1 aromatic carbocycles. The van der Waals surface area contributed by atoms with Crippen molar-refractivity contribution in [2.75, 3.05) is 18.6 Å². The minimum absolute atomic E-state index is 0.227. The van der Waals surface area contributed by atoms with E-state index >= 15 is 0 Å². The van der Waals surface area contributed by atoms with E-state index in [1.807, 2.05) is 24.3 Å². The van der Waals surface area contributed by atoms with E-state index in [-0.39, 0.29) is 12.0 Å². The molecule has 114 valence electrons. The summed E-state index contributed by atoms with van der Waals surface area (Å²) in [6.07, 6.45) is 3.70. The van der Waals surface area contributed by atoms with Crippen molar-refractivity contribution in [2.45, 2.75) is 18.9 Å². The molecule has 0 aliphatic carbocycles. The van der Waals surface area contributed by atoms with Gasteiger partial charge in [-0.25, -0.2) is 9.78 Å². The molecule has 2 heterocycles. The lowest BCUT2D eigenvalue weighted by atomic mass is 10.0. The Kier molecular flexibility index (Phi) is 4.29. The standard InChI is InChI=1S/C17H17ClN2O2/c1-22-17(21)12-8-9-16(19-11-12)20-10-4-7-15(20)13-5-2-3-6-14(13)18/h2-3,5-6,8-9,11,15H,4,7,10H2,1H3/t15-/m0/s1. The van der Waals surface area contributed by atoms with E-state index in [0.717, 1.165) is 35.8 Å². The fourth-order valence-electron chi connectivity index (χ4n) is 2.90. The molecule has 0 radical (unpaired) electrons. The number of nitrogens with zero attached hydrogens (tertiary/aromatic N) is 2. The second-order valence-corrected chi connectivity index (χ2v) is 5.68. The van der Waals surface area contributed by atoms with Gasteiger partial charge in [-0.1, -0.05) is 29.8 Å². The molecule has 1 aromatic heterocycles. The highest BCUT2D eigenvalue weighted by Gasteiger charge is 2.28. The number of aromatic nitrogens is 1. The van der Waals surface area contributed by atoms with Gasteiger partial charge < -0.3 is 9.64 Å². The molecule has 0 bridgehead atoms. The molecule has 0 spiro atoms. The molecule has 1 aliphatic heterocycles. The predicted molar refractivity (Wildman–Crippen MR) is 86.3 cm³/mol. The lowest BCUT2D eigenvalue weighted by Crippen LogP contribution is -2.23. The first-order valence-electron chi connectivity index (χ1n) is 7.26. The van der Waals surface area contributed by atoms with Gasteiger partial charge in [0.2, 0.25) is 0 Å². The van der Waals surface area contributed by atoms with Crippen molar-refractivity contribution in [3.63, 3.8) is 0 Å². The Balaban J connectivity index is 1.87. The van der Waals surface area contributed by atoms with E-state index in [0.29, 0.717) is 5.56 Å². The van der Waals surface area contributed by atoms with Gasteiger partial charge in [0.25, 0.3) is 0 Å². The summed E-state index contributed by atoms with van der Waals surface area (Å²) in [6, 6.07) is 11.8. The topological polar surface area (TPSA) is 42.4 Å². The van der Waals surface area contributed by atoms with Gasteiger partial charge in [-0.15, -0.1) is 0 Å². The lowest BCUT2D eigenvalue weighted by molar-refractivity contribution is 0.0600. The van der Waals surface area contributed by atoms with Gasteiger partial charge in [-0.3, -0.25) is 0 Å². The monoisotopic (exact) mass is 316 g/mol. The molecule has 22 heavy (non-hydrogen) atoms. The number of hydrogen-bond acceptors (Lipinski definition) is 4. The fourth-order valence-corrected chi connectivity index (χ4v) is 3.17. The number of ether oxygens (including phenoxy) is 1. The van der Waals surface area contributed by atoms with E-state index < -0.39 is 0 Å². The highest BCUT2D eigenvalue weighted by Crippen LogP contribution is 2.37. The quantitative estimate of drug-likeness (QED) is 0.806. The summed E-state index contributed by atoms with van der Waals surface area (Å²) < 4.78 is 4.70. The number of rotatable bonds is 3. The molecule has 1 saturated heterocycles. The van der Waals surface area contributed by atoms with Crippen LogP contribution < -0.4 is 4.90 Å². The average molecular weight is 317 g/mol. The summed E-state index contributed by atoms with van der Waals surface area (Å²) in [5.74, 6) is 0.484. The van der Waals surface area contributed by atoms with Gasteiger partial charge in [0.05, 0.1) is 18.7 Å². The first kappa shape index (κ1) is 14.9. The van der Waals surface area contributed by atoms with Crippen LogP contribution in [0.25, 0.3) is 0 Å². The smallest absolute Gasteiger partial charge is 0.339 e. The molecular weight excluding hydrogens is 300 g/mol. The Morgan fingerprint density at radius 2 is 2.14 bits per heavy atom. The average Bonchev–Trinajstić information content (AvgIpc) is 3.04. The van der Waals surface area contributed by atoms with Crippen molar-refractivity contribution in [1.82, 2.24) is 4.98 Å². The lowest BCUT2D eigenvalue weighted by Gasteiger charge is -2.26. The zero-order valence-electron chi connectivity index (χ0n) is 12.3. The number of methoxy groups -OCH3 is 1. The highest BCUT2D eigenvalue weighted by atomic mass is 35.5. The summed E-state index contributed by atoms with van der Waals surface area (Å²) in [7, 11) is 1.37. The van der Waals surface area contributed by atoms with E-state index in [9.17, 15) is 4.79 Å². The first-order chi connectivity index (χ1) is 10.7. The molecule has 1 atom stereocenters. The number of anilines is 1. The third-order valence-corrected chi connectivity index (χ3v) is 4.32. The van der Waals surface area contributed by atoms with Crippen LogP contribution in [0.5, 0.6) is 0 Å². The second kappa shape index (κ2) is 6.36. The first-order valence-corrected chi connectivity index (χ1v) is 7.64. The van der Waals surface area contributed by atoms with Crippen LogP contribution in [0.15, 0.2) is 42.6 Å². The summed E-state index contributed by atoms with van der Waals surface area (Å²) in [6.45, 7) is 0.931. The Morgan fingerprint density at radius 1 is 1.32 bits per heavy atom. The van der Waals surface area contributed by atoms with E-state index in [1.165, 1.54) is 7.11 Å². The predicted octanol–water partition coefficient (Wildman–Crippen LogP) is 3.86. The number of halogens is 1. The zero-order chi connectivity index (χ0) is 15.5. The third kappa shape index (κ3) is 2.79. The Bertz CT molecular complexity index is 673. The van der Waals surface area contributed by atoms with Crippen molar-refractivity contribution in [3.8, 4) is 0 Å². The van der Waals surface area contributed by atoms with Crippen LogP contribution in [-0.4, -0.2) is 24.6 Å². The number of benzene rings is 1. The Labute approximate surface area is 134 Å². The molecule has 0 unspecified atom stereocenters. The minimum atomic E-state index is -0.372. The van der Waals surface area contributed by atoms with Crippen molar-refractivity contribution < 1.29 is 9.53 Å². The number of pyridine rings is 1. The van der Waals surface area contributed by atoms with Crippen LogP contribution in [-0.2, 0) is 4.74 Å². The van der Waals surface area contributed by atoms with Crippen LogP contribution in [0, 0.1) is 0 Å². The van der Waals surface area contributed by atoms with Crippen LogP contribution in [0.2, 0.25) is 5.02 Å². The van der Waals surface area contributed by atoms with Crippen molar-refractivity contribution in [2.24, 2.45) is 0 Å². The number of carbonyl (C=O) groups excluding carboxylic acids is 1. The third-order valence-electron chi connectivity index (χ3n) is 3.98. The fraction of sp³-hybridized carbons (Fsp3) is 0.294. The van der Waals surface area contributed by atoms with Gasteiger partial charge in [0.1, 0.15) is 5.82 Å². The molecule has 0 saturated carbocycles. The molecule has 0 N–H and O–H groups in total. The summed E-state index contributed by atoms with van der Waals surface area (Å²) in [5, 5.41) is 0.783. The molecule has 3 rings (SSSR count). The van der Waals surface area contributed by atoms with E-state index in [1.54, 1.807) is 12.3 Å². The maximum Gasteiger partial charge on any atom is 0.339 e. The van der Waals surface area contributed by atoms with Gasteiger partial charge in [-0.2, -0.15) is 0 Å². The Morgan fingerprint density at radius 3 is 2.82 bits per heavy atom. The maximum absolute atomic E-state index is 11.5. The molecule has 4 nitrogen and oxygen atoms in total. The second-order valence-electron chi connectivity index (χ2n) is 5.27.